The second kappa shape index (κ2) is 8.42. The molecule has 1 amide bonds. The molecule has 1 aromatic heterocycles. The van der Waals surface area contributed by atoms with E-state index in [2.05, 4.69) is 5.32 Å². The molecule has 0 atom stereocenters. The lowest BCUT2D eigenvalue weighted by molar-refractivity contribution is -0.120. The molecule has 5 heteroatoms. The van der Waals surface area contributed by atoms with Crippen LogP contribution in [-0.2, 0) is 11.3 Å². The fourth-order valence-electron chi connectivity index (χ4n) is 4.35. The Morgan fingerprint density at radius 2 is 1.76 bits per heavy atom. The third kappa shape index (κ3) is 3.69. The van der Waals surface area contributed by atoms with Crippen LogP contribution in [0.1, 0.15) is 39.0 Å². The summed E-state index contributed by atoms with van der Waals surface area (Å²) in [6, 6.07) is 14.8. The number of aromatic nitrogens is 1. The highest BCUT2D eigenvalue weighted by molar-refractivity contribution is 6.33. The number of anilines is 1. The summed E-state index contributed by atoms with van der Waals surface area (Å²) in [6.45, 7) is 2.64. The van der Waals surface area contributed by atoms with Gasteiger partial charge in [0, 0.05) is 28.4 Å². The van der Waals surface area contributed by atoms with Gasteiger partial charge in [-0.3, -0.25) is 9.59 Å². The van der Waals surface area contributed by atoms with Gasteiger partial charge in [0.2, 0.25) is 5.91 Å². The van der Waals surface area contributed by atoms with Gasteiger partial charge in [0.1, 0.15) is 5.82 Å². The minimum Gasteiger partial charge on any atom is -0.327 e. The molecule has 0 unspecified atom stereocenters. The first-order valence-corrected chi connectivity index (χ1v) is 10.7. The molecule has 0 spiro atoms. The summed E-state index contributed by atoms with van der Waals surface area (Å²) in [5.74, 6) is 0.532. The van der Waals surface area contributed by atoms with Crippen LogP contribution in [0.4, 0.5) is 5.82 Å². The van der Waals surface area contributed by atoms with E-state index in [4.69, 9.17) is 11.6 Å². The second-order valence-electron chi connectivity index (χ2n) is 7.62. The van der Waals surface area contributed by atoms with Crippen LogP contribution in [-0.4, -0.2) is 10.5 Å². The number of hydrogen-bond donors (Lipinski definition) is 1. The largest absolute Gasteiger partial charge is 0.327 e. The molecule has 1 heterocycles. The number of carbonyl (C=O) groups is 1. The second-order valence-corrected chi connectivity index (χ2v) is 8.03. The molecular formula is C24H25ClN2O2. The number of nitrogens with one attached hydrogen (secondary N) is 1. The summed E-state index contributed by atoms with van der Waals surface area (Å²) in [7, 11) is 0. The number of amides is 1. The fourth-order valence-corrected chi connectivity index (χ4v) is 4.58. The normalized spacial score (nSPS) is 14.8. The molecule has 4 rings (SSSR count). The van der Waals surface area contributed by atoms with E-state index in [0.717, 1.165) is 31.2 Å². The molecule has 0 radical (unpaired) electrons. The number of hydrogen-bond acceptors (Lipinski definition) is 2. The number of pyridine rings is 1. The molecular weight excluding hydrogens is 384 g/mol. The lowest BCUT2D eigenvalue weighted by Gasteiger charge is -2.24. The maximum absolute atomic E-state index is 13.5. The first kappa shape index (κ1) is 19.7. The standard InChI is InChI=1S/C24H25ClN2O2/c1-2-27-20-15-9-7-13-18(20)22(28)21(17-12-6-8-14-19(17)25)23(27)26-24(29)16-10-4-3-5-11-16/h6-9,12-16H,2-5,10-11H2,1H3,(H,26,29). The Morgan fingerprint density at radius 1 is 1.07 bits per heavy atom. The Labute approximate surface area is 175 Å². The van der Waals surface area contributed by atoms with Gasteiger partial charge < -0.3 is 9.88 Å². The average Bonchev–Trinajstić information content (AvgIpc) is 2.76. The van der Waals surface area contributed by atoms with E-state index in [9.17, 15) is 9.59 Å². The van der Waals surface area contributed by atoms with Crippen LogP contribution in [0, 0.1) is 5.92 Å². The number of fused-ring (bicyclic) bond motifs is 1. The van der Waals surface area contributed by atoms with Crippen LogP contribution in [0.2, 0.25) is 5.02 Å². The third-order valence-corrected chi connectivity index (χ3v) is 6.18. The van der Waals surface area contributed by atoms with Crippen LogP contribution in [0.25, 0.3) is 22.0 Å². The van der Waals surface area contributed by atoms with Gasteiger partial charge in [0.05, 0.1) is 11.1 Å². The Balaban J connectivity index is 1.95. The predicted octanol–water partition coefficient (Wildman–Crippen LogP) is 5.86. The number of rotatable bonds is 4. The first-order valence-electron chi connectivity index (χ1n) is 10.3. The summed E-state index contributed by atoms with van der Waals surface area (Å²) >= 11 is 6.47. The van der Waals surface area contributed by atoms with Gasteiger partial charge >= 0.3 is 0 Å². The van der Waals surface area contributed by atoms with Crippen molar-refractivity contribution in [2.75, 3.05) is 5.32 Å². The number of halogens is 1. The Hall–Kier alpha value is -2.59. The molecule has 1 aliphatic carbocycles. The lowest BCUT2D eigenvalue weighted by Crippen LogP contribution is -2.28. The predicted molar refractivity (Wildman–Crippen MR) is 120 cm³/mol. The van der Waals surface area contributed by atoms with E-state index >= 15 is 0 Å². The van der Waals surface area contributed by atoms with E-state index < -0.39 is 0 Å². The van der Waals surface area contributed by atoms with Gasteiger partial charge in [-0.05, 0) is 38.0 Å². The van der Waals surface area contributed by atoms with Gasteiger partial charge in [-0.25, -0.2) is 0 Å². The summed E-state index contributed by atoms with van der Waals surface area (Å²) in [5.41, 5.74) is 1.80. The minimum atomic E-state index is -0.114. The zero-order valence-electron chi connectivity index (χ0n) is 16.6. The molecule has 1 N–H and O–H groups in total. The monoisotopic (exact) mass is 408 g/mol. The number of para-hydroxylation sites is 1. The highest BCUT2D eigenvalue weighted by Crippen LogP contribution is 2.34. The van der Waals surface area contributed by atoms with Crippen LogP contribution >= 0.6 is 11.6 Å². The number of benzene rings is 2. The molecule has 0 saturated heterocycles. The summed E-state index contributed by atoms with van der Waals surface area (Å²) in [4.78, 5) is 26.6. The van der Waals surface area contributed by atoms with Gasteiger partial charge in [-0.15, -0.1) is 0 Å². The maximum atomic E-state index is 13.5. The molecule has 0 bridgehead atoms. The SMILES string of the molecule is CCn1c(NC(=O)C2CCCCC2)c(-c2ccccc2Cl)c(=O)c2ccccc21. The summed E-state index contributed by atoms with van der Waals surface area (Å²) in [6.07, 6.45) is 5.14. The van der Waals surface area contributed by atoms with Crippen molar-refractivity contribution in [1.29, 1.82) is 0 Å². The molecule has 3 aromatic rings. The zero-order valence-corrected chi connectivity index (χ0v) is 17.3. The zero-order chi connectivity index (χ0) is 20.4. The highest BCUT2D eigenvalue weighted by atomic mass is 35.5. The summed E-state index contributed by atoms with van der Waals surface area (Å²) < 4.78 is 2.01. The smallest absolute Gasteiger partial charge is 0.228 e. The number of nitrogens with zero attached hydrogens (tertiary/aromatic N) is 1. The van der Waals surface area contributed by atoms with E-state index in [-0.39, 0.29) is 17.3 Å². The van der Waals surface area contributed by atoms with E-state index in [0.29, 0.717) is 33.9 Å². The van der Waals surface area contributed by atoms with Crippen LogP contribution in [0.3, 0.4) is 0 Å². The van der Waals surface area contributed by atoms with Crippen molar-refractivity contribution in [2.24, 2.45) is 5.92 Å². The molecule has 29 heavy (non-hydrogen) atoms. The van der Waals surface area contributed by atoms with Crippen molar-refractivity contribution in [2.45, 2.75) is 45.6 Å². The average molecular weight is 409 g/mol. The van der Waals surface area contributed by atoms with Crippen molar-refractivity contribution in [3.05, 3.63) is 63.8 Å². The van der Waals surface area contributed by atoms with Gasteiger partial charge in [0.15, 0.2) is 5.43 Å². The van der Waals surface area contributed by atoms with Gasteiger partial charge in [-0.2, -0.15) is 0 Å². The molecule has 1 fully saturated rings. The van der Waals surface area contributed by atoms with Crippen LogP contribution < -0.4 is 10.7 Å². The molecule has 1 aliphatic rings. The Bertz CT molecular complexity index is 1110. The summed E-state index contributed by atoms with van der Waals surface area (Å²) in [5, 5.41) is 4.24. The van der Waals surface area contributed by atoms with Crippen molar-refractivity contribution < 1.29 is 4.79 Å². The lowest BCUT2D eigenvalue weighted by atomic mass is 9.88. The molecule has 150 valence electrons. The van der Waals surface area contributed by atoms with Crippen molar-refractivity contribution in [3.8, 4) is 11.1 Å². The van der Waals surface area contributed by atoms with Gasteiger partial charge in [-0.1, -0.05) is 61.2 Å². The van der Waals surface area contributed by atoms with E-state index in [1.165, 1.54) is 6.42 Å². The van der Waals surface area contributed by atoms with E-state index in [1.54, 1.807) is 6.07 Å². The first-order chi connectivity index (χ1) is 14.1. The fraction of sp³-hybridized carbons (Fsp3) is 0.333. The van der Waals surface area contributed by atoms with E-state index in [1.807, 2.05) is 54.0 Å². The van der Waals surface area contributed by atoms with Gasteiger partial charge in [0.25, 0.3) is 0 Å². The highest BCUT2D eigenvalue weighted by Gasteiger charge is 2.25. The molecule has 0 aliphatic heterocycles. The number of carbonyl (C=O) groups excluding carboxylic acids is 1. The third-order valence-electron chi connectivity index (χ3n) is 5.85. The van der Waals surface area contributed by atoms with Crippen molar-refractivity contribution in [3.63, 3.8) is 0 Å². The molecule has 4 nitrogen and oxygen atoms in total. The topological polar surface area (TPSA) is 51.1 Å². The van der Waals surface area contributed by atoms with Crippen LogP contribution in [0.5, 0.6) is 0 Å². The Morgan fingerprint density at radius 3 is 2.48 bits per heavy atom. The molecule has 1 saturated carbocycles. The number of aryl methyl sites for hydroxylation is 1. The molecule has 2 aromatic carbocycles. The van der Waals surface area contributed by atoms with Crippen molar-refractivity contribution in [1.82, 2.24) is 4.57 Å². The quantitative estimate of drug-likeness (QED) is 0.587. The minimum absolute atomic E-state index is 0.00474. The van der Waals surface area contributed by atoms with Crippen molar-refractivity contribution >= 4 is 34.2 Å². The Kier molecular flexibility index (Phi) is 5.72. The maximum Gasteiger partial charge on any atom is 0.228 e. The van der Waals surface area contributed by atoms with Crippen LogP contribution in [0.15, 0.2) is 53.3 Å².